The van der Waals surface area contributed by atoms with Gasteiger partial charge in [-0.2, -0.15) is 0 Å². The number of aromatic nitrogens is 3. The number of amides is 2. The van der Waals surface area contributed by atoms with Crippen LogP contribution in [-0.4, -0.2) is 71.5 Å². The summed E-state index contributed by atoms with van der Waals surface area (Å²) >= 11 is 5.83. The molecule has 0 aliphatic rings. The number of aromatic amines is 1. The first kappa shape index (κ1) is 24.3. The van der Waals surface area contributed by atoms with Crippen molar-refractivity contribution in [2.45, 2.75) is 12.8 Å². The molecule has 3 aromatic rings. The van der Waals surface area contributed by atoms with Gasteiger partial charge in [0, 0.05) is 30.1 Å². The molecule has 0 radical (unpaired) electrons. The number of para-hydroxylation sites is 1. The van der Waals surface area contributed by atoms with E-state index in [-0.39, 0.29) is 28.4 Å². The fourth-order valence-electron chi connectivity index (χ4n) is 3.52. The van der Waals surface area contributed by atoms with E-state index in [1.807, 2.05) is 30.5 Å². The average Bonchev–Trinajstić information content (AvgIpc) is 3.16. The summed E-state index contributed by atoms with van der Waals surface area (Å²) in [5.74, 6) is -0.534. The van der Waals surface area contributed by atoms with E-state index < -0.39 is 5.91 Å². The predicted molar refractivity (Wildman–Crippen MR) is 130 cm³/mol. The Morgan fingerprint density at radius 2 is 1.82 bits per heavy atom. The number of rotatable bonds is 10. The third-order valence-electron chi connectivity index (χ3n) is 5.41. The highest BCUT2D eigenvalue weighted by Gasteiger charge is 2.19. The number of carbonyl (C=O) groups is 2. The summed E-state index contributed by atoms with van der Waals surface area (Å²) in [4.78, 5) is 35.5. The molecule has 0 aliphatic carbocycles. The quantitative estimate of drug-likeness (QED) is 0.221. The summed E-state index contributed by atoms with van der Waals surface area (Å²) in [5.41, 5.74) is 13.2. The second kappa shape index (κ2) is 10.5. The van der Waals surface area contributed by atoms with Crippen LogP contribution in [0.4, 0.5) is 11.6 Å². The third kappa shape index (κ3) is 6.56. The van der Waals surface area contributed by atoms with E-state index in [0.29, 0.717) is 30.5 Å². The number of quaternary nitrogens is 1. The van der Waals surface area contributed by atoms with E-state index >= 15 is 0 Å². The van der Waals surface area contributed by atoms with Crippen molar-refractivity contribution >= 4 is 46.0 Å². The zero-order chi connectivity index (χ0) is 24.0. The van der Waals surface area contributed by atoms with Crippen LogP contribution in [-0.2, 0) is 11.2 Å². The van der Waals surface area contributed by atoms with Crippen molar-refractivity contribution in [1.29, 1.82) is 0 Å². The molecule has 0 saturated heterocycles. The minimum Gasteiger partial charge on any atom is -0.382 e. The summed E-state index contributed by atoms with van der Waals surface area (Å²) in [5, 5.41) is 6.78. The van der Waals surface area contributed by atoms with Gasteiger partial charge >= 0.3 is 0 Å². The second-order valence-corrected chi connectivity index (χ2v) is 8.87. The Labute approximate surface area is 197 Å². The highest BCUT2D eigenvalue weighted by Crippen LogP contribution is 2.18. The Bertz CT molecular complexity index is 1140. The fourth-order valence-corrected chi connectivity index (χ4v) is 3.65. The predicted octanol–water partition coefficient (Wildman–Crippen LogP) is 1.33. The number of hydrogen-bond acceptors (Lipinski definition) is 6. The van der Waals surface area contributed by atoms with Gasteiger partial charge in [-0.05, 0) is 11.6 Å². The Balaban J connectivity index is 1.37. The van der Waals surface area contributed by atoms with Gasteiger partial charge in [-0.25, -0.2) is 9.97 Å². The Kier molecular flexibility index (Phi) is 7.72. The van der Waals surface area contributed by atoms with E-state index in [1.165, 1.54) is 0 Å². The van der Waals surface area contributed by atoms with Crippen molar-refractivity contribution in [2.24, 2.45) is 0 Å². The summed E-state index contributed by atoms with van der Waals surface area (Å²) in [6.07, 6.45) is 3.04. The van der Waals surface area contributed by atoms with Gasteiger partial charge in [0.1, 0.15) is 0 Å². The van der Waals surface area contributed by atoms with Crippen LogP contribution in [0, 0.1) is 0 Å². The molecule has 0 spiro atoms. The lowest BCUT2D eigenvalue weighted by molar-refractivity contribution is -0.889. The maximum absolute atomic E-state index is 12.3. The lowest BCUT2D eigenvalue weighted by atomic mass is 10.1. The first-order valence-corrected chi connectivity index (χ1v) is 11.0. The van der Waals surface area contributed by atoms with Crippen LogP contribution < -0.4 is 22.1 Å². The molecular formula is C22H30ClN8O2+. The highest BCUT2D eigenvalue weighted by molar-refractivity contribution is 6.31. The molecule has 3 rings (SSSR count). The largest absolute Gasteiger partial charge is 0.382 e. The van der Waals surface area contributed by atoms with Gasteiger partial charge in [-0.1, -0.05) is 29.8 Å². The third-order valence-corrected chi connectivity index (χ3v) is 5.69. The molecule has 0 saturated carbocycles. The van der Waals surface area contributed by atoms with E-state index in [1.54, 1.807) is 0 Å². The van der Waals surface area contributed by atoms with Crippen LogP contribution >= 0.6 is 11.6 Å². The van der Waals surface area contributed by atoms with Gasteiger partial charge < -0.3 is 31.6 Å². The van der Waals surface area contributed by atoms with Crippen LogP contribution in [0.3, 0.4) is 0 Å². The number of H-pyrrole nitrogens is 1. The number of carbonyl (C=O) groups excluding carboxylic acids is 2. The minimum atomic E-state index is -0.452. The van der Waals surface area contributed by atoms with E-state index in [4.69, 9.17) is 23.1 Å². The molecule has 7 N–H and O–H groups in total. The summed E-state index contributed by atoms with van der Waals surface area (Å²) in [6.45, 7) is 2.52. The lowest BCUT2D eigenvalue weighted by Crippen LogP contribution is -2.46. The lowest BCUT2D eigenvalue weighted by Gasteiger charge is -2.30. The van der Waals surface area contributed by atoms with Gasteiger partial charge in [0.2, 0.25) is 5.91 Å². The number of nitrogen functional groups attached to an aromatic ring is 2. The molecule has 176 valence electrons. The van der Waals surface area contributed by atoms with Crippen molar-refractivity contribution in [3.63, 3.8) is 0 Å². The molecule has 1 aromatic carbocycles. The standard InChI is InChI=1S/C22H29ClN8O2/c1-31(2,11-9-27-22(33)18-20(24)30-21(25)19(23)29-18)10-5-8-26-17(32)12-14-13-28-16-7-4-3-6-15(14)16/h3-4,6-7,13,28H,5,8-12H2,1-2H3,(H5-,24,25,26,27,30,32,33)/p+1. The molecule has 0 unspecified atom stereocenters. The van der Waals surface area contributed by atoms with Gasteiger partial charge in [-0.15, -0.1) is 0 Å². The molecule has 2 heterocycles. The summed E-state index contributed by atoms with van der Waals surface area (Å²) < 4.78 is 0.669. The van der Waals surface area contributed by atoms with Crippen LogP contribution in [0.2, 0.25) is 5.15 Å². The summed E-state index contributed by atoms with van der Waals surface area (Å²) in [6, 6.07) is 7.93. The zero-order valence-corrected chi connectivity index (χ0v) is 19.6. The molecule has 0 atom stereocenters. The zero-order valence-electron chi connectivity index (χ0n) is 18.8. The molecule has 2 amide bonds. The molecule has 2 aromatic heterocycles. The summed E-state index contributed by atoms with van der Waals surface area (Å²) in [7, 11) is 4.13. The molecule has 0 fully saturated rings. The average molecular weight is 474 g/mol. The molecular weight excluding hydrogens is 444 g/mol. The van der Waals surface area contributed by atoms with Crippen LogP contribution in [0.15, 0.2) is 30.5 Å². The van der Waals surface area contributed by atoms with E-state index in [2.05, 4.69) is 39.7 Å². The Morgan fingerprint density at radius 3 is 2.61 bits per heavy atom. The van der Waals surface area contributed by atoms with Crippen molar-refractivity contribution in [2.75, 3.05) is 51.7 Å². The first-order valence-electron chi connectivity index (χ1n) is 10.7. The molecule has 10 nitrogen and oxygen atoms in total. The number of benzene rings is 1. The monoisotopic (exact) mass is 473 g/mol. The number of halogens is 1. The maximum atomic E-state index is 12.3. The smallest absolute Gasteiger partial charge is 0.273 e. The fraction of sp³-hybridized carbons (Fsp3) is 0.364. The molecule has 0 aliphatic heterocycles. The number of anilines is 2. The van der Waals surface area contributed by atoms with Crippen molar-refractivity contribution in [1.82, 2.24) is 25.6 Å². The second-order valence-electron chi connectivity index (χ2n) is 8.51. The van der Waals surface area contributed by atoms with Crippen molar-refractivity contribution < 1.29 is 14.1 Å². The minimum absolute atomic E-state index is 0.00169. The Hall–Kier alpha value is -3.37. The number of hydrogen-bond donors (Lipinski definition) is 5. The maximum Gasteiger partial charge on any atom is 0.273 e. The first-order chi connectivity index (χ1) is 15.7. The van der Waals surface area contributed by atoms with Crippen LogP contribution in [0.25, 0.3) is 10.9 Å². The number of nitrogens with zero attached hydrogens (tertiary/aromatic N) is 3. The van der Waals surface area contributed by atoms with Gasteiger partial charge in [0.15, 0.2) is 22.5 Å². The van der Waals surface area contributed by atoms with Crippen molar-refractivity contribution in [3.8, 4) is 0 Å². The van der Waals surface area contributed by atoms with E-state index in [9.17, 15) is 9.59 Å². The SMILES string of the molecule is C[N+](C)(CCCNC(=O)Cc1c[nH]c2ccccc12)CCNC(=O)c1nc(Cl)c(N)nc1N. The van der Waals surface area contributed by atoms with Crippen LogP contribution in [0.1, 0.15) is 22.5 Å². The van der Waals surface area contributed by atoms with Gasteiger partial charge in [0.05, 0.1) is 40.2 Å². The topological polar surface area (TPSA) is 152 Å². The number of nitrogens with one attached hydrogen (secondary N) is 3. The number of likely N-dealkylation sites (N-methyl/N-ethyl adjacent to an activating group) is 1. The highest BCUT2D eigenvalue weighted by atomic mass is 35.5. The number of fused-ring (bicyclic) bond motifs is 1. The van der Waals surface area contributed by atoms with Crippen molar-refractivity contribution in [3.05, 3.63) is 46.9 Å². The molecule has 33 heavy (non-hydrogen) atoms. The van der Waals surface area contributed by atoms with E-state index in [0.717, 1.165) is 29.4 Å². The normalized spacial score (nSPS) is 11.5. The molecule has 0 bridgehead atoms. The Morgan fingerprint density at radius 1 is 1.06 bits per heavy atom. The van der Waals surface area contributed by atoms with Gasteiger partial charge in [-0.3, -0.25) is 9.59 Å². The van der Waals surface area contributed by atoms with Gasteiger partial charge in [0.25, 0.3) is 5.91 Å². The molecule has 11 heteroatoms. The van der Waals surface area contributed by atoms with Crippen LogP contribution in [0.5, 0.6) is 0 Å². The number of nitrogens with two attached hydrogens (primary N) is 2.